The lowest BCUT2D eigenvalue weighted by molar-refractivity contribution is 0.122. The summed E-state index contributed by atoms with van der Waals surface area (Å²) in [4.78, 5) is 7.55. The van der Waals surface area contributed by atoms with Crippen LogP contribution < -0.4 is 10.6 Å². The van der Waals surface area contributed by atoms with E-state index in [4.69, 9.17) is 22.1 Å². The summed E-state index contributed by atoms with van der Waals surface area (Å²) in [5.74, 6) is 0. The molecule has 24 heavy (non-hydrogen) atoms. The zero-order chi connectivity index (χ0) is 16.9. The number of hydrogen-bond donors (Lipinski definition) is 2. The van der Waals surface area contributed by atoms with Crippen LogP contribution >= 0.6 is 23.4 Å². The van der Waals surface area contributed by atoms with E-state index in [1.54, 1.807) is 6.20 Å². The Kier molecular flexibility index (Phi) is 5.97. The van der Waals surface area contributed by atoms with Gasteiger partial charge < -0.3 is 20.5 Å². The van der Waals surface area contributed by atoms with Gasteiger partial charge in [0.05, 0.1) is 24.8 Å². The molecule has 3 N–H and O–H groups in total. The summed E-state index contributed by atoms with van der Waals surface area (Å²) in [7, 11) is 0. The third kappa shape index (κ3) is 3.68. The van der Waals surface area contributed by atoms with Crippen LogP contribution in [0.15, 0.2) is 40.4 Å². The van der Waals surface area contributed by atoms with E-state index in [0.717, 1.165) is 39.8 Å². The molecular formula is C17H20ClN3O2S. The van der Waals surface area contributed by atoms with Gasteiger partial charge in [0.2, 0.25) is 0 Å². The molecule has 1 fully saturated rings. The number of hydrogen-bond acceptors (Lipinski definition) is 6. The Morgan fingerprint density at radius 3 is 2.79 bits per heavy atom. The van der Waals surface area contributed by atoms with Crippen molar-refractivity contribution in [2.45, 2.75) is 23.1 Å². The highest BCUT2D eigenvalue weighted by Gasteiger charge is 2.20. The average Bonchev–Trinajstić information content (AvgIpc) is 2.64. The van der Waals surface area contributed by atoms with Crippen LogP contribution in [-0.4, -0.2) is 36.4 Å². The van der Waals surface area contributed by atoms with Gasteiger partial charge in [-0.2, -0.15) is 0 Å². The van der Waals surface area contributed by atoms with Crippen LogP contribution in [0.2, 0.25) is 5.02 Å². The fourth-order valence-electron chi connectivity index (χ4n) is 2.73. The second kappa shape index (κ2) is 8.18. The van der Waals surface area contributed by atoms with Crippen molar-refractivity contribution in [3.05, 3.63) is 46.6 Å². The molecule has 0 saturated carbocycles. The Labute approximate surface area is 150 Å². The largest absolute Gasteiger partial charge is 0.392 e. The summed E-state index contributed by atoms with van der Waals surface area (Å²) in [6, 6.07) is 7.59. The molecule has 2 heterocycles. The summed E-state index contributed by atoms with van der Waals surface area (Å²) in [5.41, 5.74) is 8.92. The second-order valence-corrected chi connectivity index (χ2v) is 6.81. The number of ether oxygens (including phenoxy) is 1. The zero-order valence-electron chi connectivity index (χ0n) is 13.2. The van der Waals surface area contributed by atoms with E-state index >= 15 is 0 Å². The number of aromatic nitrogens is 1. The number of pyridine rings is 1. The molecular weight excluding hydrogens is 346 g/mol. The van der Waals surface area contributed by atoms with Gasteiger partial charge in [0.15, 0.2) is 0 Å². The SMILES string of the molecule is NCc1c(N2CCOCC2)ccc(Cl)c1Sc1ncccc1CO. The van der Waals surface area contributed by atoms with E-state index in [0.29, 0.717) is 24.8 Å². The van der Waals surface area contributed by atoms with Gasteiger partial charge in [0, 0.05) is 47.5 Å². The van der Waals surface area contributed by atoms with Crippen molar-refractivity contribution in [2.75, 3.05) is 31.2 Å². The fraction of sp³-hybridized carbons (Fsp3) is 0.353. The van der Waals surface area contributed by atoms with E-state index in [9.17, 15) is 5.11 Å². The maximum atomic E-state index is 9.52. The number of nitrogens with two attached hydrogens (primary N) is 1. The summed E-state index contributed by atoms with van der Waals surface area (Å²) < 4.78 is 5.43. The van der Waals surface area contributed by atoms with E-state index in [1.807, 2.05) is 24.3 Å². The number of halogens is 1. The van der Waals surface area contributed by atoms with Gasteiger partial charge in [0.25, 0.3) is 0 Å². The van der Waals surface area contributed by atoms with Crippen LogP contribution in [0.4, 0.5) is 5.69 Å². The molecule has 1 aliphatic heterocycles. The number of morpholine rings is 1. The Hall–Kier alpha value is -1.31. The van der Waals surface area contributed by atoms with Gasteiger partial charge in [0.1, 0.15) is 5.03 Å². The monoisotopic (exact) mass is 365 g/mol. The molecule has 5 nitrogen and oxygen atoms in total. The van der Waals surface area contributed by atoms with Gasteiger partial charge in [-0.25, -0.2) is 4.98 Å². The van der Waals surface area contributed by atoms with Gasteiger partial charge in [-0.05, 0) is 18.2 Å². The Balaban J connectivity index is 2.00. The normalized spacial score (nSPS) is 14.9. The van der Waals surface area contributed by atoms with Crippen molar-refractivity contribution in [3.8, 4) is 0 Å². The minimum atomic E-state index is -0.0606. The van der Waals surface area contributed by atoms with Crippen LogP contribution in [0.3, 0.4) is 0 Å². The predicted octanol–water partition coefficient (Wildman–Crippen LogP) is 2.67. The van der Waals surface area contributed by atoms with Gasteiger partial charge in [-0.3, -0.25) is 0 Å². The third-order valence-corrected chi connectivity index (χ3v) is 5.62. The molecule has 0 bridgehead atoms. The first kappa shape index (κ1) is 17.5. The topological polar surface area (TPSA) is 71.6 Å². The van der Waals surface area contributed by atoms with Crippen LogP contribution in [0.5, 0.6) is 0 Å². The summed E-state index contributed by atoms with van der Waals surface area (Å²) in [6.07, 6.45) is 1.71. The Morgan fingerprint density at radius 2 is 2.08 bits per heavy atom. The van der Waals surface area contributed by atoms with E-state index in [1.165, 1.54) is 11.8 Å². The molecule has 1 saturated heterocycles. The number of anilines is 1. The van der Waals surface area contributed by atoms with E-state index in [2.05, 4.69) is 9.88 Å². The van der Waals surface area contributed by atoms with Gasteiger partial charge in [-0.15, -0.1) is 0 Å². The lowest BCUT2D eigenvalue weighted by Gasteiger charge is -2.31. The molecule has 1 aromatic heterocycles. The molecule has 0 radical (unpaired) electrons. The van der Waals surface area contributed by atoms with Crippen LogP contribution in [0.1, 0.15) is 11.1 Å². The molecule has 0 spiro atoms. The lowest BCUT2D eigenvalue weighted by atomic mass is 10.1. The molecule has 2 aromatic rings. The highest BCUT2D eigenvalue weighted by atomic mass is 35.5. The lowest BCUT2D eigenvalue weighted by Crippen LogP contribution is -2.37. The van der Waals surface area contributed by atoms with Crippen molar-refractivity contribution in [1.82, 2.24) is 4.98 Å². The molecule has 1 aromatic carbocycles. The Bertz CT molecular complexity index is 708. The third-order valence-electron chi connectivity index (χ3n) is 3.96. The summed E-state index contributed by atoms with van der Waals surface area (Å²) >= 11 is 7.91. The van der Waals surface area contributed by atoms with Crippen molar-refractivity contribution in [3.63, 3.8) is 0 Å². The zero-order valence-corrected chi connectivity index (χ0v) is 14.8. The maximum absolute atomic E-state index is 9.52. The highest BCUT2D eigenvalue weighted by Crippen LogP contribution is 2.40. The van der Waals surface area contributed by atoms with E-state index < -0.39 is 0 Å². The van der Waals surface area contributed by atoms with Crippen molar-refractivity contribution in [1.29, 1.82) is 0 Å². The van der Waals surface area contributed by atoms with Crippen molar-refractivity contribution < 1.29 is 9.84 Å². The van der Waals surface area contributed by atoms with Crippen LogP contribution in [0.25, 0.3) is 0 Å². The summed E-state index contributed by atoms with van der Waals surface area (Å²) in [5, 5.41) is 10.9. The van der Waals surface area contributed by atoms with Crippen LogP contribution in [-0.2, 0) is 17.9 Å². The molecule has 1 aliphatic rings. The number of aliphatic hydroxyl groups is 1. The quantitative estimate of drug-likeness (QED) is 0.848. The number of nitrogens with zero attached hydrogens (tertiary/aromatic N) is 2. The molecule has 7 heteroatoms. The molecule has 3 rings (SSSR count). The Morgan fingerprint density at radius 1 is 1.29 bits per heavy atom. The minimum Gasteiger partial charge on any atom is -0.392 e. The first-order valence-electron chi connectivity index (χ1n) is 7.81. The predicted molar refractivity (Wildman–Crippen MR) is 96.7 cm³/mol. The maximum Gasteiger partial charge on any atom is 0.106 e. The smallest absolute Gasteiger partial charge is 0.106 e. The number of benzene rings is 1. The molecule has 0 atom stereocenters. The molecule has 0 amide bonds. The number of rotatable bonds is 5. The second-order valence-electron chi connectivity index (χ2n) is 5.41. The molecule has 0 unspecified atom stereocenters. The van der Waals surface area contributed by atoms with Crippen molar-refractivity contribution in [2.24, 2.45) is 5.73 Å². The van der Waals surface area contributed by atoms with Crippen molar-refractivity contribution >= 4 is 29.1 Å². The highest BCUT2D eigenvalue weighted by molar-refractivity contribution is 7.99. The van der Waals surface area contributed by atoms with Gasteiger partial charge in [-0.1, -0.05) is 29.4 Å². The minimum absolute atomic E-state index is 0.0606. The summed E-state index contributed by atoms with van der Waals surface area (Å²) in [6.45, 7) is 3.42. The van der Waals surface area contributed by atoms with Gasteiger partial charge >= 0.3 is 0 Å². The molecule has 0 aliphatic carbocycles. The van der Waals surface area contributed by atoms with E-state index in [-0.39, 0.29) is 6.61 Å². The number of aliphatic hydroxyl groups excluding tert-OH is 1. The molecule has 128 valence electrons. The first-order chi connectivity index (χ1) is 11.7. The first-order valence-corrected chi connectivity index (χ1v) is 9.00. The fourth-order valence-corrected chi connectivity index (χ4v) is 4.07. The van der Waals surface area contributed by atoms with Crippen LogP contribution in [0, 0.1) is 0 Å². The standard InChI is InChI=1S/C17H20ClN3O2S/c18-14-3-4-15(21-6-8-23-9-7-21)13(10-19)16(14)24-17-12(11-22)2-1-5-20-17/h1-5,22H,6-11,19H2. The average molecular weight is 366 g/mol.